The minimum Gasteiger partial charge on any atom is -0.384 e. The van der Waals surface area contributed by atoms with Crippen molar-refractivity contribution in [3.8, 4) is 0 Å². The number of benzene rings is 2. The summed E-state index contributed by atoms with van der Waals surface area (Å²) in [6.07, 6.45) is 0. The molecule has 6 heteroatoms. The van der Waals surface area contributed by atoms with E-state index >= 15 is 0 Å². The molecule has 2 amide bonds. The molecule has 0 bridgehead atoms. The maximum atomic E-state index is 13.2. The van der Waals surface area contributed by atoms with Gasteiger partial charge in [-0.05, 0) is 48.7 Å². The summed E-state index contributed by atoms with van der Waals surface area (Å²) in [7, 11) is 0. The average molecular weight is 334 g/mol. The van der Waals surface area contributed by atoms with Crippen LogP contribution in [0.1, 0.15) is 23.6 Å². The first kappa shape index (κ1) is 17.9. The van der Waals surface area contributed by atoms with Crippen molar-refractivity contribution in [2.75, 3.05) is 6.54 Å². The van der Waals surface area contributed by atoms with Crippen LogP contribution in [-0.2, 0) is 12.1 Å². The fourth-order valence-electron chi connectivity index (χ4n) is 2.22. The van der Waals surface area contributed by atoms with Gasteiger partial charge in [0.05, 0.1) is 6.54 Å². The lowest BCUT2D eigenvalue weighted by Gasteiger charge is -2.24. The van der Waals surface area contributed by atoms with Crippen molar-refractivity contribution in [2.45, 2.75) is 26.0 Å². The van der Waals surface area contributed by atoms with Gasteiger partial charge in [-0.3, -0.25) is 0 Å². The van der Waals surface area contributed by atoms with Gasteiger partial charge in [0.25, 0.3) is 0 Å². The number of rotatable bonds is 5. The maximum Gasteiger partial charge on any atom is 0.315 e. The van der Waals surface area contributed by atoms with Gasteiger partial charge in [-0.1, -0.05) is 24.3 Å². The third-order valence-corrected chi connectivity index (χ3v) is 3.73. The fourth-order valence-corrected chi connectivity index (χ4v) is 2.22. The highest BCUT2D eigenvalue weighted by atomic mass is 19.1. The topological polar surface area (TPSA) is 61.4 Å². The Kier molecular flexibility index (Phi) is 5.51. The third kappa shape index (κ3) is 4.76. The Hall–Kier alpha value is -2.47. The highest BCUT2D eigenvalue weighted by Crippen LogP contribution is 2.19. The lowest BCUT2D eigenvalue weighted by atomic mass is 9.96. The van der Waals surface area contributed by atoms with Gasteiger partial charge >= 0.3 is 6.03 Å². The third-order valence-electron chi connectivity index (χ3n) is 3.73. The summed E-state index contributed by atoms with van der Waals surface area (Å²) in [5, 5.41) is 15.6. The number of urea groups is 1. The molecule has 0 saturated carbocycles. The maximum absolute atomic E-state index is 13.2. The molecule has 0 aromatic heterocycles. The molecule has 0 aliphatic carbocycles. The van der Waals surface area contributed by atoms with Crippen LogP contribution in [0.3, 0.4) is 0 Å². The summed E-state index contributed by atoms with van der Waals surface area (Å²) < 4.78 is 26.1. The van der Waals surface area contributed by atoms with E-state index in [0.717, 1.165) is 5.56 Å². The molecule has 0 saturated heterocycles. The number of nitrogens with one attached hydrogen (secondary N) is 2. The van der Waals surface area contributed by atoms with E-state index in [9.17, 15) is 18.7 Å². The molecule has 0 aliphatic heterocycles. The number of hydrogen-bond donors (Lipinski definition) is 3. The van der Waals surface area contributed by atoms with Gasteiger partial charge < -0.3 is 15.7 Å². The number of amides is 2. The van der Waals surface area contributed by atoms with Crippen molar-refractivity contribution in [3.05, 3.63) is 70.8 Å². The first-order valence-corrected chi connectivity index (χ1v) is 7.53. The van der Waals surface area contributed by atoms with E-state index in [1.807, 2.05) is 0 Å². The van der Waals surface area contributed by atoms with Crippen LogP contribution >= 0.6 is 0 Å². The second-order valence-corrected chi connectivity index (χ2v) is 5.90. The minimum atomic E-state index is -1.32. The highest BCUT2D eigenvalue weighted by Gasteiger charge is 2.23. The number of aryl methyl sites for hydroxylation is 1. The van der Waals surface area contributed by atoms with Crippen LogP contribution in [0.5, 0.6) is 0 Å². The Labute approximate surface area is 139 Å². The molecule has 24 heavy (non-hydrogen) atoms. The van der Waals surface area contributed by atoms with E-state index in [0.29, 0.717) is 11.1 Å². The molecule has 0 radical (unpaired) electrons. The minimum absolute atomic E-state index is 0.0348. The van der Waals surface area contributed by atoms with Gasteiger partial charge in [0, 0.05) is 6.54 Å². The van der Waals surface area contributed by atoms with Crippen LogP contribution in [0.4, 0.5) is 13.6 Å². The predicted molar refractivity (Wildman–Crippen MR) is 87.3 cm³/mol. The average Bonchev–Trinajstić information content (AvgIpc) is 2.54. The standard InChI is InChI=1S/C18H20F2N2O2/c1-12-9-13(3-8-16(12)20)10-21-17(23)22-11-18(2,24)14-4-6-15(19)7-5-14/h3-9,24H,10-11H2,1-2H3,(H2,21,22,23). The summed E-state index contributed by atoms with van der Waals surface area (Å²) >= 11 is 0. The Bertz CT molecular complexity index is 715. The molecule has 4 nitrogen and oxygen atoms in total. The first-order chi connectivity index (χ1) is 11.3. The molecule has 2 aromatic carbocycles. The molecule has 1 unspecified atom stereocenters. The Morgan fingerprint density at radius 3 is 2.42 bits per heavy atom. The molecule has 0 heterocycles. The van der Waals surface area contributed by atoms with E-state index in [2.05, 4.69) is 10.6 Å². The molecule has 0 fully saturated rings. The fraction of sp³-hybridized carbons (Fsp3) is 0.278. The molecule has 2 aromatic rings. The SMILES string of the molecule is Cc1cc(CNC(=O)NCC(C)(O)c2ccc(F)cc2)ccc1F. The van der Waals surface area contributed by atoms with Crippen molar-refractivity contribution in [1.29, 1.82) is 0 Å². The lowest BCUT2D eigenvalue weighted by Crippen LogP contribution is -2.43. The Morgan fingerprint density at radius 2 is 1.79 bits per heavy atom. The van der Waals surface area contributed by atoms with Gasteiger partial charge in [0.15, 0.2) is 0 Å². The molecule has 1 atom stereocenters. The predicted octanol–water partition coefficient (Wildman–Crippen LogP) is 2.98. The summed E-state index contributed by atoms with van der Waals surface area (Å²) in [6, 6.07) is 9.58. The number of carbonyl (C=O) groups excluding carboxylic acids is 1. The number of halogens is 2. The number of aliphatic hydroxyl groups is 1. The summed E-state index contributed by atoms with van der Waals surface area (Å²) in [5.74, 6) is -0.687. The van der Waals surface area contributed by atoms with E-state index in [-0.39, 0.29) is 18.9 Å². The zero-order chi connectivity index (χ0) is 17.7. The molecule has 3 N–H and O–H groups in total. The second kappa shape index (κ2) is 7.40. The van der Waals surface area contributed by atoms with Gasteiger partial charge in [-0.25, -0.2) is 13.6 Å². The summed E-state index contributed by atoms with van der Waals surface area (Å²) in [6.45, 7) is 3.39. The largest absolute Gasteiger partial charge is 0.384 e. The monoisotopic (exact) mass is 334 g/mol. The number of hydrogen-bond acceptors (Lipinski definition) is 2. The van der Waals surface area contributed by atoms with E-state index in [1.54, 1.807) is 19.1 Å². The quantitative estimate of drug-likeness (QED) is 0.787. The Balaban J connectivity index is 1.85. The molecule has 2 rings (SSSR count). The normalized spacial score (nSPS) is 13.2. The lowest BCUT2D eigenvalue weighted by molar-refractivity contribution is 0.0593. The molecule has 0 spiro atoms. The van der Waals surface area contributed by atoms with Gasteiger partial charge in [0.2, 0.25) is 0 Å². The van der Waals surface area contributed by atoms with Crippen molar-refractivity contribution >= 4 is 6.03 Å². The summed E-state index contributed by atoms with van der Waals surface area (Å²) in [4.78, 5) is 11.8. The van der Waals surface area contributed by atoms with Gasteiger partial charge in [0.1, 0.15) is 17.2 Å². The zero-order valence-corrected chi connectivity index (χ0v) is 13.6. The van der Waals surface area contributed by atoms with Gasteiger partial charge in [-0.15, -0.1) is 0 Å². The van der Waals surface area contributed by atoms with Crippen LogP contribution in [0.15, 0.2) is 42.5 Å². The first-order valence-electron chi connectivity index (χ1n) is 7.53. The van der Waals surface area contributed by atoms with Crippen LogP contribution < -0.4 is 10.6 Å². The van der Waals surface area contributed by atoms with Crippen molar-refractivity contribution in [2.24, 2.45) is 0 Å². The molecular formula is C18H20F2N2O2. The number of carbonyl (C=O) groups is 1. The molecule has 128 valence electrons. The van der Waals surface area contributed by atoms with E-state index in [1.165, 1.54) is 37.3 Å². The van der Waals surface area contributed by atoms with Crippen molar-refractivity contribution < 1.29 is 18.7 Å². The van der Waals surface area contributed by atoms with Crippen LogP contribution in [-0.4, -0.2) is 17.7 Å². The van der Waals surface area contributed by atoms with Crippen LogP contribution in [0.25, 0.3) is 0 Å². The smallest absolute Gasteiger partial charge is 0.315 e. The van der Waals surface area contributed by atoms with E-state index in [4.69, 9.17) is 0 Å². The van der Waals surface area contributed by atoms with E-state index < -0.39 is 17.4 Å². The van der Waals surface area contributed by atoms with Crippen LogP contribution in [0, 0.1) is 18.6 Å². The molecule has 0 aliphatic rings. The molecular weight excluding hydrogens is 314 g/mol. The van der Waals surface area contributed by atoms with Crippen LogP contribution in [0.2, 0.25) is 0 Å². The van der Waals surface area contributed by atoms with Gasteiger partial charge in [-0.2, -0.15) is 0 Å². The second-order valence-electron chi connectivity index (χ2n) is 5.90. The van der Waals surface area contributed by atoms with Crippen molar-refractivity contribution in [3.63, 3.8) is 0 Å². The summed E-state index contributed by atoms with van der Waals surface area (Å²) in [5.41, 5.74) is 0.457. The highest BCUT2D eigenvalue weighted by molar-refractivity contribution is 5.73. The zero-order valence-electron chi connectivity index (χ0n) is 13.6. The van der Waals surface area contributed by atoms with Crippen molar-refractivity contribution in [1.82, 2.24) is 10.6 Å². The Morgan fingerprint density at radius 1 is 1.12 bits per heavy atom.